The predicted molar refractivity (Wildman–Crippen MR) is 134 cm³/mol. The van der Waals surface area contributed by atoms with E-state index in [1.54, 1.807) is 11.0 Å². The van der Waals surface area contributed by atoms with Crippen molar-refractivity contribution in [3.8, 4) is 0 Å². The minimum absolute atomic E-state index is 0.0695. The molecule has 2 aromatic rings. The molecule has 0 spiro atoms. The number of thioether (sulfide) groups is 1. The van der Waals surface area contributed by atoms with Crippen LogP contribution in [-0.4, -0.2) is 51.8 Å². The van der Waals surface area contributed by atoms with Gasteiger partial charge in [0.25, 0.3) is 5.69 Å². The third-order valence-corrected chi connectivity index (χ3v) is 6.57. The number of hydrogen-bond donors (Lipinski definition) is 1. The summed E-state index contributed by atoms with van der Waals surface area (Å²) in [5.74, 6) is -0.576. The molecule has 9 nitrogen and oxygen atoms in total. The third-order valence-electron chi connectivity index (χ3n) is 5.40. The highest BCUT2D eigenvalue weighted by molar-refractivity contribution is 8.15. The number of benzene rings is 2. The zero-order chi connectivity index (χ0) is 24.7. The average molecular weight is 485 g/mol. The van der Waals surface area contributed by atoms with E-state index in [4.69, 9.17) is 9.73 Å². The van der Waals surface area contributed by atoms with Crippen LogP contribution < -0.4 is 5.32 Å². The Labute approximate surface area is 202 Å². The highest BCUT2D eigenvalue weighted by Crippen LogP contribution is 2.33. The molecule has 1 aliphatic heterocycles. The number of anilines is 1. The number of nitro benzene ring substituents is 1. The molecule has 180 valence electrons. The lowest BCUT2D eigenvalue weighted by atomic mass is 10.1. The monoisotopic (exact) mass is 484 g/mol. The second-order valence-electron chi connectivity index (χ2n) is 7.82. The lowest BCUT2D eigenvalue weighted by molar-refractivity contribution is -0.384. The minimum Gasteiger partial charge on any atom is -0.382 e. The number of carbonyl (C=O) groups is 2. The number of nitrogens with one attached hydrogen (secondary N) is 1. The van der Waals surface area contributed by atoms with Gasteiger partial charge in [-0.1, -0.05) is 30.0 Å². The molecule has 1 fully saturated rings. The fourth-order valence-corrected chi connectivity index (χ4v) is 4.61. The predicted octanol–water partition coefficient (Wildman–Crippen LogP) is 4.60. The van der Waals surface area contributed by atoms with Crippen molar-refractivity contribution in [1.29, 1.82) is 0 Å². The van der Waals surface area contributed by atoms with Crippen LogP contribution in [0.1, 0.15) is 30.9 Å². The number of hydrogen-bond acceptors (Lipinski definition) is 7. The standard InChI is InChI=1S/C24H28N4O5S/c1-4-33-13-7-12-27-23(30)21(34-24(27)26-20-11-5-8-16(2)17(20)3)15-22(29)25-18-9-6-10-19(14-18)28(31)32/h5-6,8-11,14,21H,4,7,12-13,15H2,1-3H3,(H,25,29). The summed E-state index contributed by atoms with van der Waals surface area (Å²) in [6.07, 6.45) is 0.582. The van der Waals surface area contributed by atoms with E-state index in [9.17, 15) is 19.7 Å². The highest BCUT2D eigenvalue weighted by Gasteiger charge is 2.39. The summed E-state index contributed by atoms with van der Waals surface area (Å²) in [4.78, 5) is 42.6. The van der Waals surface area contributed by atoms with Gasteiger partial charge < -0.3 is 10.1 Å². The fraction of sp³-hybridized carbons (Fsp3) is 0.375. The maximum Gasteiger partial charge on any atom is 0.271 e. The molecule has 1 aliphatic rings. The SMILES string of the molecule is CCOCCCN1C(=O)C(CC(=O)Nc2cccc([N+](=O)[O-])c2)SC1=Nc1cccc(C)c1C. The summed E-state index contributed by atoms with van der Waals surface area (Å²) >= 11 is 1.26. The average Bonchev–Trinajstić information content (AvgIpc) is 3.08. The van der Waals surface area contributed by atoms with Crippen LogP contribution in [0.25, 0.3) is 0 Å². The van der Waals surface area contributed by atoms with Crippen LogP contribution in [0, 0.1) is 24.0 Å². The molecule has 2 aromatic carbocycles. The fourth-order valence-electron chi connectivity index (χ4n) is 3.44. The maximum atomic E-state index is 13.2. The van der Waals surface area contributed by atoms with E-state index in [0.29, 0.717) is 37.0 Å². The lowest BCUT2D eigenvalue weighted by Gasteiger charge is -2.17. The zero-order valence-electron chi connectivity index (χ0n) is 19.4. The molecule has 1 atom stereocenters. The van der Waals surface area contributed by atoms with Crippen molar-refractivity contribution < 1.29 is 19.2 Å². The topological polar surface area (TPSA) is 114 Å². The number of carbonyl (C=O) groups excluding carboxylic acids is 2. The summed E-state index contributed by atoms with van der Waals surface area (Å²) in [7, 11) is 0. The van der Waals surface area contributed by atoms with E-state index in [0.717, 1.165) is 16.8 Å². The van der Waals surface area contributed by atoms with E-state index in [2.05, 4.69) is 5.32 Å². The second-order valence-corrected chi connectivity index (χ2v) is 8.99. The van der Waals surface area contributed by atoms with Gasteiger partial charge in [-0.05, 0) is 50.5 Å². The molecule has 0 bridgehead atoms. The number of ether oxygens (including phenoxy) is 1. The van der Waals surface area contributed by atoms with Crippen LogP contribution in [0.5, 0.6) is 0 Å². The Morgan fingerprint density at radius 1 is 1.26 bits per heavy atom. The van der Waals surface area contributed by atoms with E-state index in [1.807, 2.05) is 39.0 Å². The van der Waals surface area contributed by atoms with E-state index < -0.39 is 16.1 Å². The molecule has 0 radical (unpaired) electrons. The Morgan fingerprint density at radius 3 is 2.76 bits per heavy atom. The molecule has 0 aliphatic carbocycles. The molecule has 34 heavy (non-hydrogen) atoms. The van der Waals surface area contributed by atoms with Crippen LogP contribution in [0.4, 0.5) is 17.1 Å². The molecule has 0 saturated carbocycles. The van der Waals surface area contributed by atoms with E-state index >= 15 is 0 Å². The van der Waals surface area contributed by atoms with Gasteiger partial charge in [-0.25, -0.2) is 4.99 Å². The first kappa shape index (κ1) is 25.4. The number of non-ortho nitro benzene ring substituents is 1. The van der Waals surface area contributed by atoms with Gasteiger partial charge in [0.05, 0.1) is 10.6 Å². The van der Waals surface area contributed by atoms with Crippen LogP contribution in [-0.2, 0) is 14.3 Å². The lowest BCUT2D eigenvalue weighted by Crippen LogP contribution is -2.34. The molecule has 1 heterocycles. The summed E-state index contributed by atoms with van der Waals surface area (Å²) in [5.41, 5.74) is 3.11. The van der Waals surface area contributed by atoms with E-state index in [1.165, 1.54) is 30.0 Å². The van der Waals surface area contributed by atoms with Gasteiger partial charge in [0.1, 0.15) is 5.25 Å². The number of aliphatic imine (C=N–C) groups is 1. The van der Waals surface area contributed by atoms with Gasteiger partial charge >= 0.3 is 0 Å². The first-order valence-corrected chi connectivity index (χ1v) is 11.9. The van der Waals surface area contributed by atoms with Crippen molar-refractivity contribution >= 4 is 45.8 Å². The first-order chi connectivity index (χ1) is 16.3. The number of amidine groups is 1. The van der Waals surface area contributed by atoms with Crippen molar-refractivity contribution in [1.82, 2.24) is 4.90 Å². The molecule has 2 amide bonds. The minimum atomic E-state index is -0.630. The quantitative estimate of drug-likeness (QED) is 0.299. The maximum absolute atomic E-state index is 13.2. The number of rotatable bonds is 10. The Morgan fingerprint density at radius 2 is 2.03 bits per heavy atom. The second kappa shape index (κ2) is 11.8. The molecule has 1 saturated heterocycles. The molecule has 1 unspecified atom stereocenters. The zero-order valence-corrected chi connectivity index (χ0v) is 20.3. The van der Waals surface area contributed by atoms with Gasteiger partial charge in [0.15, 0.2) is 5.17 Å². The third kappa shape index (κ3) is 6.42. The van der Waals surface area contributed by atoms with E-state index in [-0.39, 0.29) is 18.0 Å². The Kier molecular flexibility index (Phi) is 8.78. The van der Waals surface area contributed by atoms with Crippen LogP contribution in [0.2, 0.25) is 0 Å². The number of aryl methyl sites for hydroxylation is 1. The van der Waals surface area contributed by atoms with Gasteiger partial charge in [-0.3, -0.25) is 24.6 Å². The molecule has 10 heteroatoms. The number of nitrogens with zero attached hydrogens (tertiary/aromatic N) is 3. The Bertz CT molecular complexity index is 1100. The summed E-state index contributed by atoms with van der Waals surface area (Å²) < 4.78 is 5.40. The molecular formula is C24H28N4O5S. The van der Waals surface area contributed by atoms with Crippen molar-refractivity contribution in [2.24, 2.45) is 4.99 Å². The first-order valence-electron chi connectivity index (χ1n) is 11.0. The van der Waals surface area contributed by atoms with Crippen molar-refractivity contribution in [2.75, 3.05) is 25.1 Å². The normalized spacial score (nSPS) is 16.8. The van der Waals surface area contributed by atoms with Crippen molar-refractivity contribution in [3.63, 3.8) is 0 Å². The van der Waals surface area contributed by atoms with Gasteiger partial charge in [-0.2, -0.15) is 0 Å². The number of nitro groups is 1. The van der Waals surface area contributed by atoms with Crippen LogP contribution >= 0.6 is 11.8 Å². The van der Waals surface area contributed by atoms with Crippen LogP contribution in [0.15, 0.2) is 47.5 Å². The van der Waals surface area contributed by atoms with Gasteiger partial charge in [-0.15, -0.1) is 0 Å². The summed E-state index contributed by atoms with van der Waals surface area (Å²) in [6.45, 7) is 7.48. The molecule has 3 rings (SSSR count). The van der Waals surface area contributed by atoms with Crippen LogP contribution in [0.3, 0.4) is 0 Å². The van der Waals surface area contributed by atoms with Gasteiger partial charge in [0, 0.05) is 44.0 Å². The Hall–Kier alpha value is -3.24. The number of amides is 2. The summed E-state index contributed by atoms with van der Waals surface area (Å²) in [6, 6.07) is 11.5. The molecule has 1 N–H and O–H groups in total. The largest absolute Gasteiger partial charge is 0.382 e. The Balaban J connectivity index is 1.76. The molecule has 0 aromatic heterocycles. The van der Waals surface area contributed by atoms with Crippen molar-refractivity contribution in [2.45, 2.75) is 38.9 Å². The highest BCUT2D eigenvalue weighted by atomic mass is 32.2. The van der Waals surface area contributed by atoms with Gasteiger partial charge in [0.2, 0.25) is 11.8 Å². The molecular weight excluding hydrogens is 456 g/mol. The summed E-state index contributed by atoms with van der Waals surface area (Å²) in [5, 5.41) is 13.6. The van der Waals surface area contributed by atoms with Crippen molar-refractivity contribution in [3.05, 3.63) is 63.7 Å². The smallest absolute Gasteiger partial charge is 0.271 e.